The van der Waals surface area contributed by atoms with Crippen LogP contribution in [-0.4, -0.2) is 34.8 Å². The molecule has 2 aromatic carbocycles. The van der Waals surface area contributed by atoms with Crippen molar-refractivity contribution in [2.45, 2.75) is 37.6 Å². The first kappa shape index (κ1) is 17.7. The largest absolute Gasteiger partial charge is 0.456 e. The van der Waals surface area contributed by atoms with E-state index in [1.54, 1.807) is 12.1 Å². The highest BCUT2D eigenvalue weighted by Crippen LogP contribution is 2.34. The number of hydrogen-bond acceptors (Lipinski definition) is 4. The van der Waals surface area contributed by atoms with Crippen molar-refractivity contribution in [1.29, 1.82) is 0 Å². The molecule has 1 aliphatic carbocycles. The number of furan rings is 1. The number of carbonyl (C=O) groups excluding carboxylic acids is 3. The van der Waals surface area contributed by atoms with Crippen LogP contribution in [0.1, 0.15) is 32.1 Å². The topological polar surface area (TPSA) is 91.7 Å². The molecule has 1 saturated heterocycles. The predicted molar refractivity (Wildman–Crippen MR) is 108 cm³/mol. The Bertz CT molecular complexity index is 1140. The zero-order valence-corrected chi connectivity index (χ0v) is 15.9. The van der Waals surface area contributed by atoms with Crippen LogP contribution in [-0.2, 0) is 9.59 Å². The van der Waals surface area contributed by atoms with Crippen molar-refractivity contribution in [2.75, 3.05) is 11.9 Å². The standard InChI is InChI=1S/C22H21N3O4/c26-19(13-25-20(27)22(24-21(25)28)10-4-1-5-11-22)23-14-8-9-18-16(12-14)15-6-2-3-7-17(15)29-18/h2-3,6-9,12H,1,4-5,10-11,13H2,(H,23,26)(H,24,28). The molecule has 0 atom stereocenters. The van der Waals surface area contributed by atoms with Gasteiger partial charge in [0.25, 0.3) is 5.91 Å². The molecule has 3 aromatic rings. The molecule has 1 aromatic heterocycles. The Morgan fingerprint density at radius 1 is 1.03 bits per heavy atom. The molecule has 2 fully saturated rings. The van der Waals surface area contributed by atoms with Gasteiger partial charge in [0.1, 0.15) is 23.2 Å². The van der Waals surface area contributed by atoms with Crippen LogP contribution in [0.2, 0.25) is 0 Å². The van der Waals surface area contributed by atoms with Gasteiger partial charge in [0.2, 0.25) is 5.91 Å². The van der Waals surface area contributed by atoms with E-state index in [0.717, 1.165) is 46.1 Å². The van der Waals surface area contributed by atoms with Gasteiger partial charge in [0, 0.05) is 16.5 Å². The number of nitrogens with zero attached hydrogens (tertiary/aromatic N) is 1. The van der Waals surface area contributed by atoms with Gasteiger partial charge in [-0.1, -0.05) is 37.5 Å². The lowest BCUT2D eigenvalue weighted by molar-refractivity contribution is -0.134. The van der Waals surface area contributed by atoms with Crippen LogP contribution < -0.4 is 10.6 Å². The Labute approximate surface area is 167 Å². The van der Waals surface area contributed by atoms with E-state index >= 15 is 0 Å². The van der Waals surface area contributed by atoms with Crippen LogP contribution in [0.15, 0.2) is 46.9 Å². The van der Waals surface area contributed by atoms with Crippen LogP contribution in [0.4, 0.5) is 10.5 Å². The summed E-state index contributed by atoms with van der Waals surface area (Å²) in [5, 5.41) is 7.48. The zero-order valence-electron chi connectivity index (χ0n) is 15.9. The fraction of sp³-hybridized carbons (Fsp3) is 0.318. The third-order valence-electron chi connectivity index (χ3n) is 5.92. The number of benzene rings is 2. The van der Waals surface area contributed by atoms with E-state index in [0.29, 0.717) is 18.5 Å². The summed E-state index contributed by atoms with van der Waals surface area (Å²) in [6.07, 6.45) is 4.16. The van der Waals surface area contributed by atoms with Crippen molar-refractivity contribution >= 4 is 45.5 Å². The first-order valence-corrected chi connectivity index (χ1v) is 9.91. The molecule has 29 heavy (non-hydrogen) atoms. The number of imide groups is 1. The second kappa shape index (κ2) is 6.62. The van der Waals surface area contributed by atoms with E-state index in [-0.39, 0.29) is 12.5 Å². The number of anilines is 1. The van der Waals surface area contributed by atoms with Gasteiger partial charge in [-0.25, -0.2) is 4.79 Å². The zero-order chi connectivity index (χ0) is 20.0. The van der Waals surface area contributed by atoms with E-state index in [2.05, 4.69) is 10.6 Å². The third-order valence-corrected chi connectivity index (χ3v) is 5.92. The second-order valence-corrected chi connectivity index (χ2v) is 7.82. The lowest BCUT2D eigenvalue weighted by Crippen LogP contribution is -2.48. The summed E-state index contributed by atoms with van der Waals surface area (Å²) < 4.78 is 5.79. The number of fused-ring (bicyclic) bond motifs is 3. The monoisotopic (exact) mass is 391 g/mol. The highest BCUT2D eigenvalue weighted by atomic mass is 16.3. The predicted octanol–water partition coefficient (Wildman–Crippen LogP) is 3.78. The van der Waals surface area contributed by atoms with Crippen molar-refractivity contribution < 1.29 is 18.8 Å². The van der Waals surface area contributed by atoms with E-state index in [1.807, 2.05) is 30.3 Å². The van der Waals surface area contributed by atoms with Gasteiger partial charge in [-0.15, -0.1) is 0 Å². The SMILES string of the molecule is O=C(CN1C(=O)NC2(CCCCC2)C1=O)Nc1ccc2oc3ccccc3c2c1. The van der Waals surface area contributed by atoms with Crippen LogP contribution in [0.3, 0.4) is 0 Å². The highest BCUT2D eigenvalue weighted by molar-refractivity contribution is 6.11. The van der Waals surface area contributed by atoms with Gasteiger partial charge in [-0.3, -0.25) is 14.5 Å². The molecule has 0 unspecified atom stereocenters. The fourth-order valence-corrected chi connectivity index (χ4v) is 4.46. The van der Waals surface area contributed by atoms with E-state index in [9.17, 15) is 14.4 Å². The van der Waals surface area contributed by atoms with Gasteiger partial charge in [0.05, 0.1) is 0 Å². The first-order chi connectivity index (χ1) is 14.1. The van der Waals surface area contributed by atoms with Gasteiger partial charge >= 0.3 is 6.03 Å². The minimum Gasteiger partial charge on any atom is -0.456 e. The second-order valence-electron chi connectivity index (χ2n) is 7.82. The van der Waals surface area contributed by atoms with Crippen molar-refractivity contribution in [3.8, 4) is 0 Å². The van der Waals surface area contributed by atoms with Crippen molar-refractivity contribution in [1.82, 2.24) is 10.2 Å². The average Bonchev–Trinajstić information content (AvgIpc) is 3.19. The quantitative estimate of drug-likeness (QED) is 0.665. The van der Waals surface area contributed by atoms with E-state index in [4.69, 9.17) is 4.42 Å². The Morgan fingerprint density at radius 3 is 2.62 bits per heavy atom. The van der Waals surface area contributed by atoms with Crippen molar-refractivity contribution in [3.63, 3.8) is 0 Å². The molecule has 148 valence electrons. The summed E-state index contributed by atoms with van der Waals surface area (Å²) in [7, 11) is 0. The number of hydrogen-bond donors (Lipinski definition) is 2. The molecule has 0 bridgehead atoms. The molecular formula is C22H21N3O4. The molecule has 1 saturated carbocycles. The highest BCUT2D eigenvalue weighted by Gasteiger charge is 2.51. The van der Waals surface area contributed by atoms with Crippen molar-refractivity contribution in [3.05, 3.63) is 42.5 Å². The summed E-state index contributed by atoms with van der Waals surface area (Å²) in [4.78, 5) is 38.7. The van der Waals surface area contributed by atoms with Gasteiger partial charge < -0.3 is 15.1 Å². The van der Waals surface area contributed by atoms with Crippen LogP contribution in [0, 0.1) is 0 Å². The molecule has 0 radical (unpaired) electrons. The molecule has 1 spiro atoms. The van der Waals surface area contributed by atoms with Gasteiger partial charge in [-0.2, -0.15) is 0 Å². The summed E-state index contributed by atoms with van der Waals surface area (Å²) >= 11 is 0. The Morgan fingerprint density at radius 2 is 1.79 bits per heavy atom. The van der Waals surface area contributed by atoms with Crippen molar-refractivity contribution in [2.24, 2.45) is 0 Å². The molecule has 7 heteroatoms. The van der Waals surface area contributed by atoms with Crippen LogP contribution in [0.5, 0.6) is 0 Å². The summed E-state index contributed by atoms with van der Waals surface area (Å²) in [5.74, 6) is -0.692. The number of para-hydroxylation sites is 1. The van der Waals surface area contributed by atoms with Gasteiger partial charge in [0.15, 0.2) is 0 Å². The molecule has 2 heterocycles. The normalized spacial score (nSPS) is 18.6. The molecule has 7 nitrogen and oxygen atoms in total. The smallest absolute Gasteiger partial charge is 0.325 e. The Kier molecular flexibility index (Phi) is 4.04. The molecule has 5 rings (SSSR count). The lowest BCUT2D eigenvalue weighted by Gasteiger charge is -2.30. The fourth-order valence-electron chi connectivity index (χ4n) is 4.46. The first-order valence-electron chi connectivity index (χ1n) is 9.91. The average molecular weight is 391 g/mol. The number of urea groups is 1. The Balaban J connectivity index is 1.33. The summed E-state index contributed by atoms with van der Waals surface area (Å²) in [5.41, 5.74) is 1.29. The number of rotatable bonds is 3. The summed E-state index contributed by atoms with van der Waals surface area (Å²) in [6, 6.07) is 12.6. The van der Waals surface area contributed by atoms with Gasteiger partial charge in [-0.05, 0) is 37.1 Å². The minimum atomic E-state index is -0.815. The maximum Gasteiger partial charge on any atom is 0.325 e. The van der Waals surface area contributed by atoms with E-state index in [1.165, 1.54) is 0 Å². The lowest BCUT2D eigenvalue weighted by atomic mass is 9.82. The maximum absolute atomic E-state index is 12.8. The number of nitrogens with one attached hydrogen (secondary N) is 2. The minimum absolute atomic E-state index is 0.284. The molecular weight excluding hydrogens is 370 g/mol. The Hall–Kier alpha value is -3.35. The number of amides is 4. The molecule has 2 aliphatic rings. The maximum atomic E-state index is 12.8. The summed E-state index contributed by atoms with van der Waals surface area (Å²) in [6.45, 7) is -0.295. The van der Waals surface area contributed by atoms with Crippen LogP contribution >= 0.6 is 0 Å². The number of carbonyl (C=O) groups is 3. The van der Waals surface area contributed by atoms with E-state index < -0.39 is 17.5 Å². The van der Waals surface area contributed by atoms with Crippen LogP contribution in [0.25, 0.3) is 21.9 Å². The third kappa shape index (κ3) is 2.93. The molecule has 4 amide bonds. The molecule has 1 aliphatic heterocycles. The molecule has 2 N–H and O–H groups in total.